The molecule has 1 fully saturated rings. The van der Waals surface area contributed by atoms with Gasteiger partial charge in [-0.2, -0.15) is 0 Å². The van der Waals surface area contributed by atoms with Gasteiger partial charge in [-0.1, -0.05) is 6.92 Å². The Labute approximate surface area is 184 Å². The van der Waals surface area contributed by atoms with E-state index in [0.29, 0.717) is 6.54 Å². The summed E-state index contributed by atoms with van der Waals surface area (Å²) in [7, 11) is 0. The maximum absolute atomic E-state index is 13.2. The molecule has 1 aromatic carbocycles. The summed E-state index contributed by atoms with van der Waals surface area (Å²) in [4.78, 5) is 11.9. The number of rotatable bonds is 6. The van der Waals surface area contributed by atoms with Crippen molar-refractivity contribution in [1.82, 2.24) is 19.7 Å². The number of halogens is 1. The van der Waals surface area contributed by atoms with E-state index in [1.54, 1.807) is 23.5 Å². The van der Waals surface area contributed by atoms with Crippen molar-refractivity contribution in [3.63, 3.8) is 0 Å². The number of fused-ring (bicyclic) bond motifs is 1. The molecule has 4 heterocycles. The number of piperazine rings is 1. The van der Waals surface area contributed by atoms with Gasteiger partial charge in [-0.25, -0.2) is 14.4 Å². The minimum Gasteiger partial charge on any atom is -0.368 e. The number of benzene rings is 1. The summed E-state index contributed by atoms with van der Waals surface area (Å²) in [6, 6.07) is 10.7. The second-order valence-corrected chi connectivity index (χ2v) is 8.54. The molecule has 2 N–H and O–H groups in total. The molecule has 31 heavy (non-hydrogen) atoms. The summed E-state index contributed by atoms with van der Waals surface area (Å²) < 4.78 is 15.3. The SMILES string of the molecule is CCc1nc2ccc(N3CCNCC3)cn2c1NCc1nc(-c2ccc(F)cc2)cs1. The second-order valence-electron chi connectivity index (χ2n) is 7.60. The van der Waals surface area contributed by atoms with E-state index in [9.17, 15) is 4.39 Å². The zero-order valence-corrected chi connectivity index (χ0v) is 18.3. The number of aromatic nitrogens is 3. The molecule has 0 aliphatic carbocycles. The third-order valence-electron chi connectivity index (χ3n) is 5.59. The van der Waals surface area contributed by atoms with Crippen LogP contribution in [0, 0.1) is 5.82 Å². The van der Waals surface area contributed by atoms with Crippen LogP contribution < -0.4 is 15.5 Å². The Bertz CT molecular complexity index is 1180. The first-order valence-corrected chi connectivity index (χ1v) is 11.5. The topological polar surface area (TPSA) is 57.5 Å². The van der Waals surface area contributed by atoms with Crippen LogP contribution in [0.5, 0.6) is 0 Å². The number of nitrogens with one attached hydrogen (secondary N) is 2. The normalized spacial score (nSPS) is 14.3. The summed E-state index contributed by atoms with van der Waals surface area (Å²) in [5.74, 6) is 0.786. The zero-order chi connectivity index (χ0) is 21.2. The highest BCUT2D eigenvalue weighted by Gasteiger charge is 2.15. The number of nitrogens with zero attached hydrogens (tertiary/aromatic N) is 4. The van der Waals surface area contributed by atoms with E-state index in [0.717, 1.165) is 66.0 Å². The molecule has 0 unspecified atom stereocenters. The van der Waals surface area contributed by atoms with Crippen molar-refractivity contribution < 1.29 is 4.39 Å². The van der Waals surface area contributed by atoms with Crippen molar-refractivity contribution in [1.29, 1.82) is 0 Å². The van der Waals surface area contributed by atoms with E-state index < -0.39 is 0 Å². The van der Waals surface area contributed by atoms with E-state index >= 15 is 0 Å². The van der Waals surface area contributed by atoms with Crippen molar-refractivity contribution in [2.45, 2.75) is 19.9 Å². The van der Waals surface area contributed by atoms with Crippen LogP contribution in [-0.4, -0.2) is 40.5 Å². The van der Waals surface area contributed by atoms with Gasteiger partial charge in [0.1, 0.15) is 22.3 Å². The zero-order valence-electron chi connectivity index (χ0n) is 17.4. The monoisotopic (exact) mass is 436 g/mol. The molecule has 1 saturated heterocycles. The van der Waals surface area contributed by atoms with Crippen LogP contribution in [0.25, 0.3) is 16.9 Å². The molecule has 1 aliphatic rings. The van der Waals surface area contributed by atoms with E-state index in [1.165, 1.54) is 17.8 Å². The lowest BCUT2D eigenvalue weighted by molar-refractivity contribution is 0.588. The molecule has 0 spiro atoms. The number of hydrogen-bond donors (Lipinski definition) is 2. The van der Waals surface area contributed by atoms with Gasteiger partial charge in [0.15, 0.2) is 0 Å². The molecule has 6 nitrogen and oxygen atoms in total. The average molecular weight is 437 g/mol. The van der Waals surface area contributed by atoms with Gasteiger partial charge >= 0.3 is 0 Å². The fourth-order valence-corrected chi connectivity index (χ4v) is 4.67. The largest absolute Gasteiger partial charge is 0.368 e. The third-order valence-corrected chi connectivity index (χ3v) is 6.44. The summed E-state index contributed by atoms with van der Waals surface area (Å²) in [6.07, 6.45) is 3.03. The van der Waals surface area contributed by atoms with Crippen LogP contribution in [0.15, 0.2) is 48.0 Å². The Balaban J connectivity index is 1.38. The highest BCUT2D eigenvalue weighted by molar-refractivity contribution is 7.09. The number of hydrogen-bond acceptors (Lipinski definition) is 6. The summed E-state index contributed by atoms with van der Waals surface area (Å²) >= 11 is 1.60. The number of thiazole rings is 1. The van der Waals surface area contributed by atoms with Crippen molar-refractivity contribution in [2.24, 2.45) is 0 Å². The molecule has 0 atom stereocenters. The first-order valence-electron chi connectivity index (χ1n) is 10.6. The van der Waals surface area contributed by atoms with Gasteiger partial charge in [-0.3, -0.25) is 4.40 Å². The van der Waals surface area contributed by atoms with Crippen LogP contribution in [0.4, 0.5) is 15.9 Å². The van der Waals surface area contributed by atoms with Gasteiger partial charge in [0, 0.05) is 43.3 Å². The molecule has 0 amide bonds. The molecule has 1 aliphatic heterocycles. The Morgan fingerprint density at radius 1 is 1.10 bits per heavy atom. The number of anilines is 2. The molecule has 0 saturated carbocycles. The van der Waals surface area contributed by atoms with Gasteiger partial charge < -0.3 is 15.5 Å². The third kappa shape index (κ3) is 4.13. The lowest BCUT2D eigenvalue weighted by atomic mass is 10.2. The molecule has 0 bridgehead atoms. The maximum Gasteiger partial charge on any atom is 0.138 e. The molecular formula is C23H25FN6S. The number of imidazole rings is 1. The smallest absolute Gasteiger partial charge is 0.138 e. The first kappa shape index (κ1) is 20.0. The van der Waals surface area contributed by atoms with E-state index in [2.05, 4.69) is 45.2 Å². The second kappa shape index (κ2) is 8.64. The van der Waals surface area contributed by atoms with Gasteiger partial charge in [0.2, 0.25) is 0 Å². The standard InChI is InChI=1S/C23H25FN6S/c1-2-19-23(26-13-22-28-20(15-31-22)16-3-5-17(24)6-4-16)30-14-18(7-8-21(30)27-19)29-11-9-25-10-12-29/h3-8,14-15,25-26H,2,9-13H2,1H3. The molecule has 4 aromatic rings. The summed E-state index contributed by atoms with van der Waals surface area (Å²) in [6.45, 7) is 6.77. The highest BCUT2D eigenvalue weighted by atomic mass is 32.1. The average Bonchev–Trinajstić information content (AvgIpc) is 3.42. The maximum atomic E-state index is 13.2. The minimum atomic E-state index is -0.235. The summed E-state index contributed by atoms with van der Waals surface area (Å²) in [5.41, 5.74) is 5.01. The van der Waals surface area contributed by atoms with Crippen LogP contribution in [0.3, 0.4) is 0 Å². The predicted octanol–water partition coefficient (Wildman–Crippen LogP) is 4.18. The summed E-state index contributed by atoms with van der Waals surface area (Å²) in [5, 5.41) is 9.97. The molecule has 160 valence electrons. The van der Waals surface area contributed by atoms with E-state index in [4.69, 9.17) is 9.97 Å². The molecule has 8 heteroatoms. The van der Waals surface area contributed by atoms with Crippen LogP contribution in [0.2, 0.25) is 0 Å². The number of aryl methyl sites for hydroxylation is 1. The lowest BCUT2D eigenvalue weighted by Gasteiger charge is -2.29. The first-order chi connectivity index (χ1) is 15.2. The van der Waals surface area contributed by atoms with Crippen molar-refractivity contribution in [3.8, 4) is 11.3 Å². The van der Waals surface area contributed by atoms with Gasteiger partial charge in [-0.05, 0) is 42.8 Å². The Hall–Kier alpha value is -2.97. The van der Waals surface area contributed by atoms with E-state index in [1.807, 2.05) is 5.38 Å². The van der Waals surface area contributed by atoms with Gasteiger partial charge in [0.05, 0.1) is 23.6 Å². The van der Waals surface area contributed by atoms with E-state index in [-0.39, 0.29) is 5.82 Å². The minimum absolute atomic E-state index is 0.235. The van der Waals surface area contributed by atoms with Crippen LogP contribution in [0.1, 0.15) is 17.6 Å². The van der Waals surface area contributed by atoms with Crippen LogP contribution in [-0.2, 0) is 13.0 Å². The molecule has 5 rings (SSSR count). The fraction of sp³-hybridized carbons (Fsp3) is 0.304. The quantitative estimate of drug-likeness (QED) is 0.475. The van der Waals surface area contributed by atoms with Gasteiger partial charge in [-0.15, -0.1) is 11.3 Å². The fourth-order valence-electron chi connectivity index (χ4n) is 3.93. The Kier molecular flexibility index (Phi) is 5.57. The molecular weight excluding hydrogens is 411 g/mol. The van der Waals surface area contributed by atoms with Crippen molar-refractivity contribution >= 4 is 28.5 Å². The molecule has 0 radical (unpaired) electrons. The Morgan fingerprint density at radius 2 is 1.90 bits per heavy atom. The van der Waals surface area contributed by atoms with Gasteiger partial charge in [0.25, 0.3) is 0 Å². The van der Waals surface area contributed by atoms with Crippen LogP contribution >= 0.6 is 11.3 Å². The Morgan fingerprint density at radius 3 is 2.68 bits per heavy atom. The number of pyridine rings is 1. The highest BCUT2D eigenvalue weighted by Crippen LogP contribution is 2.26. The lowest BCUT2D eigenvalue weighted by Crippen LogP contribution is -2.43. The predicted molar refractivity (Wildman–Crippen MR) is 124 cm³/mol. The van der Waals surface area contributed by atoms with Crippen molar-refractivity contribution in [2.75, 3.05) is 36.4 Å². The van der Waals surface area contributed by atoms with Crippen molar-refractivity contribution in [3.05, 3.63) is 64.5 Å². The molecule has 3 aromatic heterocycles.